The molecule has 2 heterocycles. The van der Waals surface area contributed by atoms with Crippen molar-refractivity contribution in [3.63, 3.8) is 0 Å². The summed E-state index contributed by atoms with van der Waals surface area (Å²) in [7, 11) is 1.67. The fourth-order valence-corrected chi connectivity index (χ4v) is 2.01. The van der Waals surface area contributed by atoms with Crippen molar-refractivity contribution in [3.05, 3.63) is 29.6 Å². The maximum atomic E-state index is 12.2. The van der Waals surface area contributed by atoms with E-state index in [0.717, 1.165) is 12.0 Å². The van der Waals surface area contributed by atoms with Crippen molar-refractivity contribution in [1.29, 1.82) is 0 Å². The standard InChI is InChI=1S/C14H17N3O2/c1-19-12-6-8-17(10-12)14(18)13-5-4-11(9-16-13)3-2-7-15/h4-5,9,12H,6-8,10,15H2,1H3. The van der Waals surface area contributed by atoms with E-state index < -0.39 is 0 Å². The van der Waals surface area contributed by atoms with Gasteiger partial charge in [-0.3, -0.25) is 4.79 Å². The predicted molar refractivity (Wildman–Crippen MR) is 71.5 cm³/mol. The summed E-state index contributed by atoms with van der Waals surface area (Å²) in [6.45, 7) is 1.66. The zero-order valence-corrected chi connectivity index (χ0v) is 10.9. The molecule has 19 heavy (non-hydrogen) atoms. The molecule has 0 aliphatic carbocycles. The number of nitrogens with zero attached hydrogens (tertiary/aromatic N) is 2. The Morgan fingerprint density at radius 1 is 1.63 bits per heavy atom. The Bertz CT molecular complexity index is 502. The maximum Gasteiger partial charge on any atom is 0.272 e. The van der Waals surface area contributed by atoms with E-state index in [9.17, 15) is 4.79 Å². The molecule has 0 bridgehead atoms. The normalized spacial score (nSPS) is 18.0. The minimum Gasteiger partial charge on any atom is -0.380 e. The number of hydrogen-bond donors (Lipinski definition) is 1. The molecule has 0 radical (unpaired) electrons. The summed E-state index contributed by atoms with van der Waals surface area (Å²) in [5.41, 5.74) is 6.50. The number of nitrogens with two attached hydrogens (primary N) is 1. The highest BCUT2D eigenvalue weighted by Gasteiger charge is 2.27. The first-order valence-corrected chi connectivity index (χ1v) is 6.21. The van der Waals surface area contributed by atoms with Gasteiger partial charge in [-0.2, -0.15) is 0 Å². The quantitative estimate of drug-likeness (QED) is 0.773. The summed E-state index contributed by atoms with van der Waals surface area (Å²) >= 11 is 0. The van der Waals surface area contributed by atoms with E-state index in [-0.39, 0.29) is 12.0 Å². The third kappa shape index (κ3) is 3.31. The van der Waals surface area contributed by atoms with Crippen LogP contribution in [0.1, 0.15) is 22.5 Å². The van der Waals surface area contributed by atoms with Crippen LogP contribution in [-0.4, -0.2) is 48.6 Å². The second kappa shape index (κ2) is 6.32. The molecular formula is C14H17N3O2. The highest BCUT2D eigenvalue weighted by molar-refractivity contribution is 5.92. The molecule has 1 aromatic heterocycles. The molecule has 1 saturated heterocycles. The summed E-state index contributed by atoms with van der Waals surface area (Å²) in [4.78, 5) is 18.1. The monoisotopic (exact) mass is 259 g/mol. The van der Waals surface area contributed by atoms with Crippen molar-refractivity contribution in [2.24, 2.45) is 5.73 Å². The van der Waals surface area contributed by atoms with Crippen molar-refractivity contribution in [2.45, 2.75) is 12.5 Å². The third-order valence-electron chi connectivity index (χ3n) is 3.08. The van der Waals surface area contributed by atoms with Gasteiger partial charge in [0.15, 0.2) is 0 Å². The molecule has 1 aliphatic rings. The fraction of sp³-hybridized carbons (Fsp3) is 0.429. The van der Waals surface area contributed by atoms with Gasteiger partial charge in [0, 0.05) is 32.0 Å². The topological polar surface area (TPSA) is 68.5 Å². The van der Waals surface area contributed by atoms with Crippen LogP contribution in [0.25, 0.3) is 0 Å². The second-order valence-electron chi connectivity index (χ2n) is 4.34. The van der Waals surface area contributed by atoms with Crippen LogP contribution in [0.2, 0.25) is 0 Å². The largest absolute Gasteiger partial charge is 0.380 e. The first-order valence-electron chi connectivity index (χ1n) is 6.21. The Morgan fingerprint density at radius 3 is 3.05 bits per heavy atom. The molecular weight excluding hydrogens is 242 g/mol. The average molecular weight is 259 g/mol. The van der Waals surface area contributed by atoms with Crippen molar-refractivity contribution in [2.75, 3.05) is 26.7 Å². The summed E-state index contributed by atoms with van der Waals surface area (Å²) in [5.74, 6) is 5.56. The van der Waals surface area contributed by atoms with Crippen LogP contribution in [0.5, 0.6) is 0 Å². The Kier molecular flexibility index (Phi) is 4.50. The average Bonchev–Trinajstić information content (AvgIpc) is 2.94. The Hall–Kier alpha value is -1.90. The number of carbonyl (C=O) groups is 1. The second-order valence-corrected chi connectivity index (χ2v) is 4.34. The van der Waals surface area contributed by atoms with E-state index in [1.165, 1.54) is 0 Å². The molecule has 5 heteroatoms. The van der Waals surface area contributed by atoms with E-state index in [2.05, 4.69) is 16.8 Å². The number of hydrogen-bond acceptors (Lipinski definition) is 4. The fourth-order valence-electron chi connectivity index (χ4n) is 2.01. The lowest BCUT2D eigenvalue weighted by molar-refractivity contribution is 0.0719. The predicted octanol–water partition coefficient (Wildman–Crippen LogP) is 0.253. The van der Waals surface area contributed by atoms with E-state index in [4.69, 9.17) is 10.5 Å². The lowest BCUT2D eigenvalue weighted by atomic mass is 10.2. The number of methoxy groups -OCH3 is 1. The number of rotatable bonds is 2. The van der Waals surface area contributed by atoms with Crippen molar-refractivity contribution in [1.82, 2.24) is 9.88 Å². The van der Waals surface area contributed by atoms with E-state index >= 15 is 0 Å². The number of ether oxygens (including phenoxy) is 1. The summed E-state index contributed by atoms with van der Waals surface area (Å²) in [5, 5.41) is 0. The molecule has 2 rings (SSSR count). The number of aromatic nitrogens is 1. The number of pyridine rings is 1. The smallest absolute Gasteiger partial charge is 0.272 e. The highest BCUT2D eigenvalue weighted by atomic mass is 16.5. The Balaban J connectivity index is 2.04. The van der Waals surface area contributed by atoms with E-state index in [0.29, 0.717) is 25.3 Å². The highest BCUT2D eigenvalue weighted by Crippen LogP contribution is 2.14. The van der Waals surface area contributed by atoms with Crippen molar-refractivity contribution < 1.29 is 9.53 Å². The zero-order valence-electron chi connectivity index (χ0n) is 10.9. The summed E-state index contributed by atoms with van der Waals surface area (Å²) in [6.07, 6.45) is 2.61. The van der Waals surface area contributed by atoms with Crippen molar-refractivity contribution >= 4 is 5.91 Å². The van der Waals surface area contributed by atoms with E-state index in [1.807, 2.05) is 0 Å². The number of amides is 1. The Morgan fingerprint density at radius 2 is 2.47 bits per heavy atom. The molecule has 100 valence electrons. The molecule has 1 aliphatic heterocycles. The SMILES string of the molecule is COC1CCN(C(=O)c2ccc(C#CCN)cn2)C1. The van der Waals surface area contributed by atoms with Crippen LogP contribution in [0.4, 0.5) is 0 Å². The molecule has 1 atom stereocenters. The zero-order chi connectivity index (χ0) is 13.7. The van der Waals surface area contributed by atoms with Crippen molar-refractivity contribution in [3.8, 4) is 11.8 Å². The van der Waals surface area contributed by atoms with Gasteiger partial charge >= 0.3 is 0 Å². The Labute approximate surface area is 112 Å². The van der Waals surface area contributed by atoms with Crippen LogP contribution in [0.3, 0.4) is 0 Å². The van der Waals surface area contributed by atoms with E-state index in [1.54, 1.807) is 30.3 Å². The molecule has 1 unspecified atom stereocenters. The molecule has 0 saturated carbocycles. The van der Waals surface area contributed by atoms with Crippen LogP contribution < -0.4 is 5.73 Å². The summed E-state index contributed by atoms with van der Waals surface area (Å²) in [6, 6.07) is 3.48. The minimum absolute atomic E-state index is 0.0575. The lowest BCUT2D eigenvalue weighted by Crippen LogP contribution is -2.30. The van der Waals surface area contributed by atoms with Crippen LogP contribution in [-0.2, 0) is 4.74 Å². The van der Waals surface area contributed by atoms with Crippen LogP contribution in [0.15, 0.2) is 18.3 Å². The van der Waals surface area contributed by atoms with Gasteiger partial charge in [-0.1, -0.05) is 11.8 Å². The van der Waals surface area contributed by atoms with Crippen LogP contribution >= 0.6 is 0 Å². The molecule has 1 fully saturated rings. The number of likely N-dealkylation sites (tertiary alicyclic amines) is 1. The molecule has 1 aromatic rings. The number of carbonyl (C=O) groups excluding carboxylic acids is 1. The first-order chi connectivity index (χ1) is 9.24. The molecule has 5 nitrogen and oxygen atoms in total. The van der Waals surface area contributed by atoms with Gasteiger partial charge in [0.1, 0.15) is 5.69 Å². The first kappa shape index (κ1) is 13.5. The van der Waals surface area contributed by atoms with Gasteiger partial charge in [-0.15, -0.1) is 0 Å². The van der Waals surface area contributed by atoms with Gasteiger partial charge in [-0.25, -0.2) is 4.98 Å². The molecule has 0 spiro atoms. The summed E-state index contributed by atoms with van der Waals surface area (Å²) < 4.78 is 5.25. The maximum absolute atomic E-state index is 12.2. The molecule has 0 aromatic carbocycles. The van der Waals surface area contributed by atoms with Crippen LogP contribution in [0, 0.1) is 11.8 Å². The molecule has 2 N–H and O–H groups in total. The minimum atomic E-state index is -0.0575. The third-order valence-corrected chi connectivity index (χ3v) is 3.08. The van der Waals surface area contributed by atoms with Gasteiger partial charge in [0.2, 0.25) is 0 Å². The van der Waals surface area contributed by atoms with Gasteiger partial charge < -0.3 is 15.4 Å². The van der Waals surface area contributed by atoms with Gasteiger partial charge in [0.25, 0.3) is 5.91 Å². The van der Waals surface area contributed by atoms with Gasteiger partial charge in [0.05, 0.1) is 12.6 Å². The lowest BCUT2D eigenvalue weighted by Gasteiger charge is -2.15. The molecule has 1 amide bonds. The van der Waals surface area contributed by atoms with Gasteiger partial charge in [-0.05, 0) is 18.6 Å².